The van der Waals surface area contributed by atoms with E-state index in [2.05, 4.69) is 52.5 Å². The Labute approximate surface area is 176 Å². The zero-order chi connectivity index (χ0) is 21.4. The average molecular weight is 405 g/mol. The number of aromatic amines is 1. The Bertz CT molecular complexity index is 1130. The third-order valence-corrected chi connectivity index (χ3v) is 6.54. The van der Waals surface area contributed by atoms with Crippen molar-refractivity contribution < 1.29 is 9.21 Å². The Morgan fingerprint density at radius 3 is 2.67 bits per heavy atom. The van der Waals surface area contributed by atoms with Gasteiger partial charge in [0.25, 0.3) is 0 Å². The number of hydrogen-bond acceptors (Lipinski definition) is 4. The van der Waals surface area contributed by atoms with E-state index in [0.29, 0.717) is 17.2 Å². The Kier molecular flexibility index (Phi) is 5.40. The van der Waals surface area contributed by atoms with Crippen molar-refractivity contribution in [3.8, 4) is 6.07 Å². The molecular formula is C24H28N4O2. The summed E-state index contributed by atoms with van der Waals surface area (Å²) in [4.78, 5) is 18.5. The van der Waals surface area contributed by atoms with Crippen LogP contribution in [0, 0.1) is 32.1 Å². The fourth-order valence-electron chi connectivity index (χ4n) is 4.63. The minimum atomic E-state index is -0.285. The first kappa shape index (κ1) is 20.2. The number of aryl methyl sites for hydroxylation is 2. The monoisotopic (exact) mass is 404 g/mol. The highest BCUT2D eigenvalue weighted by molar-refractivity contribution is 5.94. The molecule has 2 N–H and O–H groups in total. The summed E-state index contributed by atoms with van der Waals surface area (Å²) < 4.78 is 5.59. The maximum absolute atomic E-state index is 12.8. The molecule has 0 bridgehead atoms. The number of carbonyl (C=O) groups excluding carboxylic acids is 1. The quantitative estimate of drug-likeness (QED) is 0.656. The number of para-hydroxylation sites is 1. The van der Waals surface area contributed by atoms with Crippen molar-refractivity contribution in [1.29, 1.82) is 5.26 Å². The fraction of sp³-hybridized carbons (Fsp3) is 0.417. The summed E-state index contributed by atoms with van der Waals surface area (Å²) in [7, 11) is 0. The van der Waals surface area contributed by atoms with E-state index in [1.807, 2.05) is 13.8 Å². The zero-order valence-electron chi connectivity index (χ0n) is 18.0. The number of furan rings is 1. The first-order valence-electron chi connectivity index (χ1n) is 10.5. The van der Waals surface area contributed by atoms with Crippen LogP contribution in [0.1, 0.15) is 53.8 Å². The van der Waals surface area contributed by atoms with Crippen molar-refractivity contribution in [2.24, 2.45) is 0 Å². The first-order chi connectivity index (χ1) is 14.4. The van der Waals surface area contributed by atoms with Gasteiger partial charge in [0.05, 0.1) is 6.04 Å². The normalized spacial score (nSPS) is 16.5. The number of nitrogens with zero attached hydrogens (tertiary/aromatic N) is 2. The van der Waals surface area contributed by atoms with Crippen LogP contribution in [0.4, 0.5) is 5.88 Å². The van der Waals surface area contributed by atoms with Crippen molar-refractivity contribution in [3.05, 3.63) is 52.4 Å². The van der Waals surface area contributed by atoms with Gasteiger partial charge in [0.15, 0.2) is 0 Å². The molecule has 6 nitrogen and oxygen atoms in total. The molecule has 0 spiro atoms. The summed E-state index contributed by atoms with van der Waals surface area (Å²) in [6.45, 7) is 9.42. The lowest BCUT2D eigenvalue weighted by Gasteiger charge is -2.35. The van der Waals surface area contributed by atoms with Gasteiger partial charge in [-0.3, -0.25) is 15.0 Å². The highest BCUT2D eigenvalue weighted by Gasteiger charge is 2.30. The molecule has 6 heteroatoms. The number of piperidine rings is 1. The molecule has 1 saturated heterocycles. The standard InChI is InChI=1S/C24H28N4O2/c1-14-17(4)30-24(20(14)13-25)27-23(29)16(3)28-11-9-18(10-12-28)22-15(2)26-21-8-6-5-7-19(21)22/h5-8,16,18,26H,9-12H2,1-4H3,(H,27,29). The summed E-state index contributed by atoms with van der Waals surface area (Å²) >= 11 is 0. The maximum atomic E-state index is 12.8. The van der Waals surface area contributed by atoms with Crippen molar-refractivity contribution in [2.45, 2.75) is 52.5 Å². The van der Waals surface area contributed by atoms with Gasteiger partial charge in [-0.2, -0.15) is 5.26 Å². The molecule has 1 aliphatic heterocycles. The molecule has 1 fully saturated rings. The van der Waals surface area contributed by atoms with Gasteiger partial charge in [0.1, 0.15) is 17.4 Å². The Morgan fingerprint density at radius 1 is 1.27 bits per heavy atom. The SMILES string of the molecule is Cc1[nH]c2ccccc2c1C1CCN(C(C)C(=O)Nc2oc(C)c(C)c2C#N)CC1. The fourth-order valence-corrected chi connectivity index (χ4v) is 4.63. The van der Waals surface area contributed by atoms with E-state index in [1.54, 1.807) is 6.92 Å². The second-order valence-electron chi connectivity index (χ2n) is 8.28. The molecule has 1 unspecified atom stereocenters. The van der Waals surface area contributed by atoms with Crippen LogP contribution >= 0.6 is 0 Å². The molecule has 3 aromatic rings. The molecule has 4 rings (SSSR count). The lowest BCUT2D eigenvalue weighted by atomic mass is 9.87. The number of nitriles is 1. The second-order valence-corrected chi connectivity index (χ2v) is 8.28. The van der Waals surface area contributed by atoms with Crippen LogP contribution in [0.2, 0.25) is 0 Å². The van der Waals surface area contributed by atoms with Gasteiger partial charge in [-0.1, -0.05) is 18.2 Å². The highest BCUT2D eigenvalue weighted by atomic mass is 16.4. The summed E-state index contributed by atoms with van der Waals surface area (Å²) in [5.74, 6) is 1.27. The number of carbonyl (C=O) groups is 1. The third-order valence-electron chi connectivity index (χ3n) is 6.54. The Morgan fingerprint density at radius 2 is 1.97 bits per heavy atom. The van der Waals surface area contributed by atoms with Gasteiger partial charge in [-0.05, 0) is 71.2 Å². The van der Waals surface area contributed by atoms with Crippen LogP contribution in [-0.4, -0.2) is 34.9 Å². The highest BCUT2D eigenvalue weighted by Crippen LogP contribution is 2.36. The molecule has 2 aromatic heterocycles. The molecule has 0 aliphatic carbocycles. The number of nitrogens with one attached hydrogen (secondary N) is 2. The Balaban J connectivity index is 1.42. The smallest absolute Gasteiger partial charge is 0.243 e. The predicted octanol–water partition coefficient (Wildman–Crippen LogP) is 4.76. The largest absolute Gasteiger partial charge is 0.444 e. The molecule has 30 heavy (non-hydrogen) atoms. The topological polar surface area (TPSA) is 85.1 Å². The maximum Gasteiger partial charge on any atom is 0.243 e. The number of amides is 1. The van der Waals surface area contributed by atoms with Gasteiger partial charge < -0.3 is 9.40 Å². The average Bonchev–Trinajstić information content (AvgIpc) is 3.22. The van der Waals surface area contributed by atoms with E-state index in [9.17, 15) is 10.1 Å². The van der Waals surface area contributed by atoms with Gasteiger partial charge in [0, 0.05) is 22.2 Å². The number of rotatable bonds is 4. The van der Waals surface area contributed by atoms with Crippen molar-refractivity contribution in [3.63, 3.8) is 0 Å². The van der Waals surface area contributed by atoms with Gasteiger partial charge in [0.2, 0.25) is 11.8 Å². The molecular weight excluding hydrogens is 376 g/mol. The molecule has 1 amide bonds. The number of hydrogen-bond donors (Lipinski definition) is 2. The zero-order valence-corrected chi connectivity index (χ0v) is 18.0. The van der Waals surface area contributed by atoms with Crippen molar-refractivity contribution in [1.82, 2.24) is 9.88 Å². The number of aromatic nitrogens is 1. The van der Waals surface area contributed by atoms with Gasteiger partial charge in [-0.25, -0.2) is 0 Å². The lowest BCUT2D eigenvalue weighted by molar-refractivity contribution is -0.121. The van der Waals surface area contributed by atoms with E-state index < -0.39 is 0 Å². The van der Waals surface area contributed by atoms with E-state index in [4.69, 9.17) is 4.42 Å². The van der Waals surface area contributed by atoms with Crippen LogP contribution < -0.4 is 5.32 Å². The minimum absolute atomic E-state index is 0.137. The molecule has 156 valence electrons. The molecule has 0 saturated carbocycles. The summed E-state index contributed by atoms with van der Waals surface area (Å²) in [5.41, 5.74) is 5.03. The number of fused-ring (bicyclic) bond motifs is 1. The molecule has 3 heterocycles. The van der Waals surface area contributed by atoms with Crippen molar-refractivity contribution in [2.75, 3.05) is 18.4 Å². The number of benzene rings is 1. The first-order valence-corrected chi connectivity index (χ1v) is 10.5. The van der Waals surface area contributed by atoms with Crippen LogP contribution in [0.3, 0.4) is 0 Å². The Hall–Kier alpha value is -3.04. The minimum Gasteiger partial charge on any atom is -0.444 e. The van der Waals surface area contributed by atoms with E-state index in [0.717, 1.165) is 31.5 Å². The van der Waals surface area contributed by atoms with Crippen LogP contribution in [-0.2, 0) is 4.79 Å². The number of anilines is 1. The van der Waals surface area contributed by atoms with Gasteiger partial charge in [-0.15, -0.1) is 0 Å². The number of H-pyrrole nitrogens is 1. The molecule has 1 atom stereocenters. The van der Waals surface area contributed by atoms with Gasteiger partial charge >= 0.3 is 0 Å². The molecule has 1 aliphatic rings. The second kappa shape index (κ2) is 8.00. The van der Waals surface area contributed by atoms with Crippen molar-refractivity contribution >= 4 is 22.7 Å². The van der Waals surface area contributed by atoms with E-state index in [1.165, 1.54) is 22.2 Å². The summed E-state index contributed by atoms with van der Waals surface area (Å²) in [6.07, 6.45) is 2.03. The lowest BCUT2D eigenvalue weighted by Crippen LogP contribution is -2.45. The van der Waals surface area contributed by atoms with E-state index >= 15 is 0 Å². The molecule has 0 radical (unpaired) electrons. The van der Waals surface area contributed by atoms with Crippen LogP contribution in [0.5, 0.6) is 0 Å². The summed E-state index contributed by atoms with van der Waals surface area (Å²) in [6, 6.07) is 10.3. The predicted molar refractivity (Wildman–Crippen MR) is 118 cm³/mol. The van der Waals surface area contributed by atoms with Crippen LogP contribution in [0.15, 0.2) is 28.7 Å². The third kappa shape index (κ3) is 3.50. The number of likely N-dealkylation sites (tertiary alicyclic amines) is 1. The van der Waals surface area contributed by atoms with E-state index in [-0.39, 0.29) is 17.8 Å². The summed E-state index contributed by atoms with van der Waals surface area (Å²) in [5, 5.41) is 13.5. The van der Waals surface area contributed by atoms with Crippen LogP contribution in [0.25, 0.3) is 10.9 Å². The molecule has 1 aromatic carbocycles.